The molecule has 1 atom stereocenters. The van der Waals surface area contributed by atoms with Crippen molar-refractivity contribution >= 4 is 59.0 Å². The van der Waals surface area contributed by atoms with Gasteiger partial charge in [-0.3, -0.25) is 14.4 Å². The van der Waals surface area contributed by atoms with Gasteiger partial charge in [-0.25, -0.2) is 4.79 Å². The third-order valence-corrected chi connectivity index (χ3v) is 4.99. The van der Waals surface area contributed by atoms with Gasteiger partial charge in [-0.1, -0.05) is 18.2 Å². The number of aliphatic imine (C=N–C) groups is 1. The summed E-state index contributed by atoms with van der Waals surface area (Å²) < 4.78 is 1.04. The van der Waals surface area contributed by atoms with Crippen molar-refractivity contribution in [1.82, 2.24) is 4.57 Å². The smallest absolute Gasteiger partial charge is 0.327 e. The summed E-state index contributed by atoms with van der Waals surface area (Å²) in [6.07, 6.45) is 2.61. The van der Waals surface area contributed by atoms with Crippen LogP contribution < -0.4 is 0 Å². The average Bonchev–Trinajstić information content (AvgIpc) is 3.07. The molecule has 0 saturated heterocycles. The number of para-hydroxylation sites is 1. The lowest BCUT2D eigenvalue weighted by Gasteiger charge is -2.12. The van der Waals surface area contributed by atoms with Crippen LogP contribution in [-0.2, 0) is 9.59 Å². The van der Waals surface area contributed by atoms with E-state index in [0.29, 0.717) is 4.88 Å². The SMILES string of the molecule is O=C(O)C[C@H](C(=O)O)n1c(O)c(/C=C2\C=Nc3ccccc32)sc1=S. The maximum absolute atomic E-state index is 11.4. The maximum atomic E-state index is 11.4. The summed E-state index contributed by atoms with van der Waals surface area (Å²) in [5.41, 5.74) is 2.43. The Balaban J connectivity index is 2.05. The van der Waals surface area contributed by atoms with Gasteiger partial charge in [0.15, 0.2) is 3.95 Å². The number of allylic oxidation sites excluding steroid dienone is 1. The highest BCUT2D eigenvalue weighted by atomic mass is 32.1. The Morgan fingerprint density at radius 2 is 2.04 bits per heavy atom. The molecule has 3 rings (SSSR count). The molecule has 3 N–H and O–H groups in total. The summed E-state index contributed by atoms with van der Waals surface area (Å²) in [7, 11) is 0. The van der Waals surface area contributed by atoms with Gasteiger partial charge in [0.2, 0.25) is 5.88 Å². The zero-order valence-corrected chi connectivity index (χ0v) is 14.3. The lowest BCUT2D eigenvalue weighted by Crippen LogP contribution is -2.22. The zero-order chi connectivity index (χ0) is 18.1. The van der Waals surface area contributed by atoms with Crippen molar-refractivity contribution in [2.24, 2.45) is 4.99 Å². The van der Waals surface area contributed by atoms with E-state index >= 15 is 0 Å². The fraction of sp³-hybridized carbons (Fsp3) is 0.125. The van der Waals surface area contributed by atoms with E-state index < -0.39 is 24.4 Å². The Labute approximate surface area is 150 Å². The van der Waals surface area contributed by atoms with Crippen LogP contribution in [0.3, 0.4) is 0 Å². The van der Waals surface area contributed by atoms with Crippen LogP contribution in [0.4, 0.5) is 5.69 Å². The Kier molecular flexibility index (Phi) is 4.51. The fourth-order valence-corrected chi connectivity index (χ4v) is 3.87. The summed E-state index contributed by atoms with van der Waals surface area (Å²) in [4.78, 5) is 26.9. The van der Waals surface area contributed by atoms with Crippen LogP contribution in [0.15, 0.2) is 29.3 Å². The van der Waals surface area contributed by atoms with Crippen LogP contribution in [0.5, 0.6) is 5.88 Å². The molecule has 25 heavy (non-hydrogen) atoms. The largest absolute Gasteiger partial charge is 0.493 e. The lowest BCUT2D eigenvalue weighted by atomic mass is 10.1. The third-order valence-electron chi connectivity index (χ3n) is 3.65. The minimum absolute atomic E-state index is 0.0845. The van der Waals surface area contributed by atoms with E-state index in [1.165, 1.54) is 0 Å². The molecule has 0 spiro atoms. The zero-order valence-electron chi connectivity index (χ0n) is 12.6. The second-order valence-electron chi connectivity index (χ2n) is 5.25. The van der Waals surface area contributed by atoms with Crippen molar-refractivity contribution in [3.63, 3.8) is 0 Å². The van der Waals surface area contributed by atoms with Crippen LogP contribution in [-0.4, -0.2) is 38.0 Å². The van der Waals surface area contributed by atoms with Gasteiger partial charge in [-0.2, -0.15) is 0 Å². The molecular weight excluding hydrogens is 364 g/mol. The summed E-state index contributed by atoms with van der Waals surface area (Å²) in [5, 5.41) is 28.6. The maximum Gasteiger partial charge on any atom is 0.327 e. The number of aromatic hydroxyl groups is 1. The minimum Gasteiger partial charge on any atom is -0.493 e. The number of carboxylic acid groups (broad SMARTS) is 2. The molecule has 0 radical (unpaired) electrons. The molecule has 128 valence electrons. The number of aromatic nitrogens is 1. The summed E-state index contributed by atoms with van der Waals surface area (Å²) in [5.74, 6) is -3.04. The van der Waals surface area contributed by atoms with Crippen molar-refractivity contribution in [2.75, 3.05) is 0 Å². The minimum atomic E-state index is -1.47. The molecule has 1 aromatic heterocycles. The highest BCUT2D eigenvalue weighted by molar-refractivity contribution is 7.73. The molecule has 1 aliphatic heterocycles. The van der Waals surface area contributed by atoms with E-state index in [-0.39, 0.29) is 9.83 Å². The molecule has 0 fully saturated rings. The number of nitrogens with zero attached hydrogens (tertiary/aromatic N) is 2. The number of aliphatic carboxylic acids is 2. The Bertz CT molecular complexity index is 987. The van der Waals surface area contributed by atoms with Gasteiger partial charge in [0.25, 0.3) is 0 Å². The normalized spacial score (nSPS) is 15.3. The van der Waals surface area contributed by atoms with Crippen LogP contribution in [0.1, 0.15) is 22.9 Å². The molecule has 0 unspecified atom stereocenters. The first-order valence-corrected chi connectivity index (χ1v) is 8.35. The number of hydrogen-bond acceptors (Lipinski definition) is 6. The molecule has 7 nitrogen and oxygen atoms in total. The first-order chi connectivity index (χ1) is 11.9. The molecule has 2 heterocycles. The number of rotatable bonds is 5. The molecular formula is C16H12N2O5S2. The highest BCUT2D eigenvalue weighted by Crippen LogP contribution is 2.37. The average molecular weight is 376 g/mol. The van der Waals surface area contributed by atoms with Crippen LogP contribution in [0.25, 0.3) is 11.6 Å². The third kappa shape index (κ3) is 3.24. The van der Waals surface area contributed by atoms with E-state index in [0.717, 1.165) is 32.7 Å². The predicted molar refractivity (Wildman–Crippen MR) is 96.2 cm³/mol. The summed E-state index contributed by atoms with van der Waals surface area (Å²) >= 11 is 6.14. The van der Waals surface area contributed by atoms with Gasteiger partial charge in [0, 0.05) is 17.4 Å². The molecule has 9 heteroatoms. The summed E-state index contributed by atoms with van der Waals surface area (Å²) in [6, 6.07) is 5.99. The topological polar surface area (TPSA) is 112 Å². The van der Waals surface area contributed by atoms with Gasteiger partial charge in [0.05, 0.1) is 17.0 Å². The van der Waals surface area contributed by atoms with Gasteiger partial charge >= 0.3 is 11.9 Å². The predicted octanol–water partition coefficient (Wildman–Crippen LogP) is 3.34. The van der Waals surface area contributed by atoms with Gasteiger partial charge in [-0.05, 0) is 24.4 Å². The van der Waals surface area contributed by atoms with Crippen LogP contribution in [0.2, 0.25) is 0 Å². The molecule has 1 aromatic carbocycles. The van der Waals surface area contributed by atoms with Crippen molar-refractivity contribution in [2.45, 2.75) is 12.5 Å². The molecule has 0 aliphatic carbocycles. The first kappa shape index (κ1) is 17.1. The molecule has 1 aliphatic rings. The summed E-state index contributed by atoms with van der Waals surface area (Å²) in [6.45, 7) is 0. The number of thiazole rings is 1. The van der Waals surface area contributed by atoms with Gasteiger partial charge in [-0.15, -0.1) is 11.3 Å². The second kappa shape index (κ2) is 6.61. The van der Waals surface area contributed by atoms with Crippen molar-refractivity contribution in [3.8, 4) is 5.88 Å². The van der Waals surface area contributed by atoms with E-state index in [9.17, 15) is 19.8 Å². The van der Waals surface area contributed by atoms with Crippen molar-refractivity contribution < 1.29 is 24.9 Å². The second-order valence-corrected chi connectivity index (χ2v) is 6.93. The van der Waals surface area contributed by atoms with Crippen molar-refractivity contribution in [3.05, 3.63) is 38.7 Å². The monoisotopic (exact) mass is 376 g/mol. The number of carbonyl (C=O) groups is 2. The molecule has 0 saturated carbocycles. The molecule has 0 amide bonds. The number of hydrogen-bond donors (Lipinski definition) is 3. The Hall–Kier alpha value is -2.78. The van der Waals surface area contributed by atoms with Crippen LogP contribution in [0, 0.1) is 3.95 Å². The van der Waals surface area contributed by atoms with Gasteiger partial charge in [0.1, 0.15) is 6.04 Å². The van der Waals surface area contributed by atoms with E-state index in [4.69, 9.17) is 17.3 Å². The van der Waals surface area contributed by atoms with Crippen molar-refractivity contribution in [1.29, 1.82) is 0 Å². The van der Waals surface area contributed by atoms with E-state index in [1.807, 2.05) is 24.3 Å². The fourth-order valence-electron chi connectivity index (χ4n) is 2.51. The van der Waals surface area contributed by atoms with E-state index in [2.05, 4.69) is 4.99 Å². The number of carboxylic acids is 2. The number of benzene rings is 1. The standard InChI is InChI=1S/C16H12N2O5S2/c19-13(20)6-11(15(22)23)18-14(21)12(25-16(18)24)5-8-7-17-10-4-2-1-3-9(8)10/h1-5,7,11,21H,6H2,(H,19,20)(H,22,23)/b8-5+/t11-/m1/s1. The highest BCUT2D eigenvalue weighted by Gasteiger charge is 2.28. The molecule has 0 bridgehead atoms. The Morgan fingerprint density at radius 3 is 2.72 bits per heavy atom. The lowest BCUT2D eigenvalue weighted by molar-refractivity contribution is -0.147. The first-order valence-electron chi connectivity index (χ1n) is 7.12. The molecule has 2 aromatic rings. The Morgan fingerprint density at radius 1 is 1.32 bits per heavy atom. The number of fused-ring (bicyclic) bond motifs is 1. The van der Waals surface area contributed by atoms with Gasteiger partial charge < -0.3 is 15.3 Å². The van der Waals surface area contributed by atoms with Crippen LogP contribution >= 0.6 is 23.6 Å². The van der Waals surface area contributed by atoms with E-state index in [1.54, 1.807) is 12.3 Å². The quantitative estimate of drug-likeness (QED) is 0.690.